The molecule has 0 atom stereocenters. The first-order valence-corrected chi connectivity index (χ1v) is 7.34. The topological polar surface area (TPSA) is 59.3 Å². The Kier molecular flexibility index (Phi) is 4.81. The van der Waals surface area contributed by atoms with E-state index in [-0.39, 0.29) is 11.7 Å². The van der Waals surface area contributed by atoms with Crippen molar-refractivity contribution in [1.82, 2.24) is 0 Å². The number of nitrogens with one attached hydrogen (secondary N) is 1. The average Bonchev–Trinajstić information content (AvgIpc) is 2.82. The lowest BCUT2D eigenvalue weighted by Crippen LogP contribution is -2.14. The number of hydrogen-bond acceptors (Lipinski definition) is 3. The lowest BCUT2D eigenvalue weighted by molar-refractivity contribution is -0.116. The van der Waals surface area contributed by atoms with Crippen LogP contribution < -0.4 is 5.32 Å². The van der Waals surface area contributed by atoms with Crippen molar-refractivity contribution < 1.29 is 14.0 Å². The highest BCUT2D eigenvalue weighted by molar-refractivity contribution is 5.95. The molecule has 2 aromatic rings. The number of carbonyl (C=O) groups excluding carboxylic acids is 2. The number of furan rings is 1. The number of benzene rings is 1. The molecule has 1 aromatic heterocycles. The molecule has 116 valence electrons. The summed E-state index contributed by atoms with van der Waals surface area (Å²) in [4.78, 5) is 23.5. The summed E-state index contributed by atoms with van der Waals surface area (Å²) in [5.41, 5.74) is 3.54. The second kappa shape index (κ2) is 6.60. The fourth-order valence-corrected chi connectivity index (χ4v) is 2.47. The zero-order valence-corrected chi connectivity index (χ0v) is 13.4. The number of carbonyl (C=O) groups is 2. The van der Waals surface area contributed by atoms with Crippen LogP contribution >= 0.6 is 0 Å². The highest BCUT2D eigenvalue weighted by Crippen LogP contribution is 2.20. The van der Waals surface area contributed by atoms with Crippen molar-refractivity contribution in [3.8, 4) is 0 Å². The number of anilines is 1. The van der Waals surface area contributed by atoms with Gasteiger partial charge >= 0.3 is 0 Å². The quantitative estimate of drug-likeness (QED) is 0.850. The van der Waals surface area contributed by atoms with E-state index in [1.807, 2.05) is 32.0 Å². The van der Waals surface area contributed by atoms with Crippen LogP contribution in [-0.2, 0) is 11.2 Å². The standard InChI is InChI=1S/C18H21NO3/c1-11-6-5-7-12(2)18(11)19-17(21)9-8-15-10-16(13(3)20)14(4)22-15/h5-7,10H,8-9H2,1-4H3,(H,19,21). The van der Waals surface area contributed by atoms with Gasteiger partial charge in [-0.2, -0.15) is 0 Å². The molecule has 0 aliphatic rings. The van der Waals surface area contributed by atoms with Crippen molar-refractivity contribution >= 4 is 17.4 Å². The van der Waals surface area contributed by atoms with E-state index in [0.29, 0.717) is 29.9 Å². The van der Waals surface area contributed by atoms with Gasteiger partial charge in [-0.3, -0.25) is 9.59 Å². The van der Waals surface area contributed by atoms with Gasteiger partial charge in [-0.25, -0.2) is 0 Å². The van der Waals surface area contributed by atoms with Crippen LogP contribution in [0.15, 0.2) is 28.7 Å². The SMILES string of the molecule is CC(=O)c1cc(CCC(=O)Nc2c(C)cccc2C)oc1C. The number of para-hydroxylation sites is 1. The lowest BCUT2D eigenvalue weighted by atomic mass is 10.1. The summed E-state index contributed by atoms with van der Waals surface area (Å²) in [5, 5.41) is 2.95. The fourth-order valence-electron chi connectivity index (χ4n) is 2.47. The zero-order valence-electron chi connectivity index (χ0n) is 13.4. The van der Waals surface area contributed by atoms with Crippen LogP contribution in [0.1, 0.15) is 46.3 Å². The molecule has 1 aromatic carbocycles. The van der Waals surface area contributed by atoms with E-state index in [9.17, 15) is 9.59 Å². The summed E-state index contributed by atoms with van der Waals surface area (Å²) in [6, 6.07) is 7.63. The smallest absolute Gasteiger partial charge is 0.224 e. The summed E-state index contributed by atoms with van der Waals surface area (Å²) < 4.78 is 5.52. The summed E-state index contributed by atoms with van der Waals surface area (Å²) in [7, 11) is 0. The number of hydrogen-bond donors (Lipinski definition) is 1. The first-order valence-electron chi connectivity index (χ1n) is 7.34. The van der Waals surface area contributed by atoms with Gasteiger partial charge in [0.1, 0.15) is 11.5 Å². The van der Waals surface area contributed by atoms with Crippen LogP contribution in [-0.4, -0.2) is 11.7 Å². The molecular formula is C18H21NO3. The predicted octanol–water partition coefficient (Wildman–Crippen LogP) is 3.98. The second-order valence-corrected chi connectivity index (χ2v) is 5.55. The van der Waals surface area contributed by atoms with E-state index in [1.165, 1.54) is 6.92 Å². The molecule has 0 aliphatic carbocycles. The van der Waals surface area contributed by atoms with Crippen molar-refractivity contribution in [3.63, 3.8) is 0 Å². The van der Waals surface area contributed by atoms with E-state index in [1.54, 1.807) is 13.0 Å². The molecule has 0 spiro atoms. The van der Waals surface area contributed by atoms with Crippen molar-refractivity contribution in [2.24, 2.45) is 0 Å². The molecule has 0 saturated heterocycles. The highest BCUT2D eigenvalue weighted by Gasteiger charge is 2.13. The maximum absolute atomic E-state index is 12.1. The third-order valence-electron chi connectivity index (χ3n) is 3.69. The largest absolute Gasteiger partial charge is 0.466 e. The van der Waals surface area contributed by atoms with Gasteiger partial charge in [-0.1, -0.05) is 18.2 Å². The van der Waals surface area contributed by atoms with Gasteiger partial charge in [0, 0.05) is 18.5 Å². The number of ketones is 1. The Hall–Kier alpha value is -2.36. The Bertz CT molecular complexity index is 693. The molecule has 1 amide bonds. The summed E-state index contributed by atoms with van der Waals surface area (Å²) >= 11 is 0. The second-order valence-electron chi connectivity index (χ2n) is 5.55. The van der Waals surface area contributed by atoms with Crippen LogP contribution in [0.5, 0.6) is 0 Å². The first-order chi connectivity index (χ1) is 10.4. The number of amides is 1. The van der Waals surface area contributed by atoms with Gasteiger partial charge in [-0.05, 0) is 44.9 Å². The Labute approximate surface area is 130 Å². The molecular weight excluding hydrogens is 278 g/mol. The van der Waals surface area contributed by atoms with E-state index in [2.05, 4.69) is 5.32 Å². The molecule has 0 radical (unpaired) electrons. The Balaban J connectivity index is 1.99. The van der Waals surface area contributed by atoms with Gasteiger partial charge in [-0.15, -0.1) is 0 Å². The van der Waals surface area contributed by atoms with Gasteiger partial charge in [0.15, 0.2) is 5.78 Å². The molecule has 2 rings (SSSR count). The van der Waals surface area contributed by atoms with Crippen molar-refractivity contribution in [2.45, 2.75) is 40.5 Å². The summed E-state index contributed by atoms with van der Waals surface area (Å²) in [6.07, 6.45) is 0.795. The minimum atomic E-state index is -0.0594. The van der Waals surface area contributed by atoms with Crippen LogP contribution in [0.2, 0.25) is 0 Å². The molecule has 1 heterocycles. The fraction of sp³-hybridized carbons (Fsp3) is 0.333. The maximum atomic E-state index is 12.1. The molecule has 0 aliphatic heterocycles. The van der Waals surface area contributed by atoms with Gasteiger partial charge < -0.3 is 9.73 Å². The third-order valence-corrected chi connectivity index (χ3v) is 3.69. The maximum Gasteiger partial charge on any atom is 0.224 e. The average molecular weight is 299 g/mol. The van der Waals surface area contributed by atoms with Crippen LogP contribution in [0.3, 0.4) is 0 Å². The minimum absolute atomic E-state index is 0.0208. The molecule has 0 unspecified atom stereocenters. The van der Waals surface area contributed by atoms with E-state index in [0.717, 1.165) is 16.8 Å². The van der Waals surface area contributed by atoms with Crippen molar-refractivity contribution in [2.75, 3.05) is 5.32 Å². The van der Waals surface area contributed by atoms with E-state index in [4.69, 9.17) is 4.42 Å². The monoisotopic (exact) mass is 299 g/mol. The minimum Gasteiger partial charge on any atom is -0.466 e. The van der Waals surface area contributed by atoms with E-state index < -0.39 is 0 Å². The molecule has 4 heteroatoms. The Morgan fingerprint density at radius 1 is 1.14 bits per heavy atom. The number of rotatable bonds is 5. The van der Waals surface area contributed by atoms with Crippen molar-refractivity contribution in [3.05, 3.63) is 52.5 Å². The molecule has 0 bridgehead atoms. The van der Waals surface area contributed by atoms with Crippen molar-refractivity contribution in [1.29, 1.82) is 0 Å². The molecule has 0 fully saturated rings. The van der Waals surface area contributed by atoms with Gasteiger partial charge in [0.25, 0.3) is 0 Å². The predicted molar refractivity (Wildman–Crippen MR) is 86.3 cm³/mol. The number of aryl methyl sites for hydroxylation is 4. The van der Waals surface area contributed by atoms with Gasteiger partial charge in [0.05, 0.1) is 5.56 Å². The van der Waals surface area contributed by atoms with Gasteiger partial charge in [0.2, 0.25) is 5.91 Å². The van der Waals surface area contributed by atoms with Crippen LogP contribution in [0.25, 0.3) is 0 Å². The number of Topliss-reactive ketones (excluding diaryl/α,β-unsaturated/α-hetero) is 1. The Morgan fingerprint density at radius 2 is 1.77 bits per heavy atom. The third kappa shape index (κ3) is 3.64. The molecule has 1 N–H and O–H groups in total. The lowest BCUT2D eigenvalue weighted by Gasteiger charge is -2.10. The molecule has 22 heavy (non-hydrogen) atoms. The highest BCUT2D eigenvalue weighted by atomic mass is 16.3. The zero-order chi connectivity index (χ0) is 16.3. The Morgan fingerprint density at radius 3 is 2.32 bits per heavy atom. The first kappa shape index (κ1) is 16.0. The molecule has 0 saturated carbocycles. The van der Waals surface area contributed by atoms with Crippen LogP contribution in [0, 0.1) is 20.8 Å². The van der Waals surface area contributed by atoms with E-state index >= 15 is 0 Å². The molecule has 4 nitrogen and oxygen atoms in total. The van der Waals surface area contributed by atoms with Crippen LogP contribution in [0.4, 0.5) is 5.69 Å². The summed E-state index contributed by atoms with van der Waals surface area (Å²) in [5.74, 6) is 1.19. The summed E-state index contributed by atoms with van der Waals surface area (Å²) in [6.45, 7) is 7.21. The normalized spacial score (nSPS) is 10.5.